The van der Waals surface area contributed by atoms with Gasteiger partial charge in [-0.2, -0.15) is 0 Å². The first kappa shape index (κ1) is 18.3. The molecule has 0 amide bonds. The van der Waals surface area contributed by atoms with Crippen LogP contribution >= 0.6 is 0 Å². The molecule has 5 heteroatoms. The third-order valence-corrected chi connectivity index (χ3v) is 3.40. The molecule has 0 spiro atoms. The summed E-state index contributed by atoms with van der Waals surface area (Å²) in [4.78, 5) is 4.62. The van der Waals surface area contributed by atoms with Gasteiger partial charge in [-0.3, -0.25) is 4.99 Å². The van der Waals surface area contributed by atoms with E-state index < -0.39 is 0 Å². The van der Waals surface area contributed by atoms with Crippen molar-refractivity contribution in [2.24, 2.45) is 10.9 Å². The molecule has 124 valence electrons. The third kappa shape index (κ3) is 7.88. The highest BCUT2D eigenvalue weighted by Gasteiger charge is 2.07. The Morgan fingerprint density at radius 2 is 2.32 bits per heavy atom. The Bertz CT molecular complexity index is 410. The summed E-state index contributed by atoms with van der Waals surface area (Å²) in [7, 11) is 0. The lowest BCUT2D eigenvalue weighted by Crippen LogP contribution is -2.39. The van der Waals surface area contributed by atoms with E-state index in [2.05, 4.69) is 29.1 Å². The summed E-state index contributed by atoms with van der Waals surface area (Å²) < 4.78 is 5.31. The Morgan fingerprint density at radius 1 is 1.45 bits per heavy atom. The number of furan rings is 1. The Balaban J connectivity index is 2.45. The first-order chi connectivity index (χ1) is 10.8. The molecule has 1 heterocycles. The van der Waals surface area contributed by atoms with E-state index in [4.69, 9.17) is 9.52 Å². The zero-order valence-electron chi connectivity index (χ0n) is 13.6. The molecule has 1 atom stereocenters. The summed E-state index contributed by atoms with van der Waals surface area (Å²) in [5, 5.41) is 15.6. The van der Waals surface area contributed by atoms with E-state index in [1.165, 1.54) is 0 Å². The van der Waals surface area contributed by atoms with Crippen molar-refractivity contribution >= 4 is 5.96 Å². The summed E-state index contributed by atoms with van der Waals surface area (Å²) in [5.41, 5.74) is 0. The number of nitrogens with one attached hydrogen (secondary N) is 2. The monoisotopic (exact) mass is 307 g/mol. The van der Waals surface area contributed by atoms with E-state index in [-0.39, 0.29) is 6.61 Å². The first-order valence-corrected chi connectivity index (χ1v) is 8.06. The minimum absolute atomic E-state index is 0.224. The highest BCUT2D eigenvalue weighted by molar-refractivity contribution is 5.79. The Kier molecular flexibility index (Phi) is 9.87. The molecular formula is C17H29N3O2. The van der Waals surface area contributed by atoms with Crippen LogP contribution in [0.1, 0.15) is 31.9 Å². The molecule has 0 saturated heterocycles. The van der Waals surface area contributed by atoms with Gasteiger partial charge in [0, 0.05) is 32.7 Å². The van der Waals surface area contributed by atoms with Gasteiger partial charge in [0.15, 0.2) is 5.96 Å². The molecule has 1 unspecified atom stereocenters. The summed E-state index contributed by atoms with van der Waals surface area (Å²) in [6, 6.07) is 3.86. The highest BCUT2D eigenvalue weighted by atomic mass is 16.3. The molecule has 0 radical (unpaired) electrons. The fraction of sp³-hybridized carbons (Fsp3) is 0.588. The van der Waals surface area contributed by atoms with Crippen LogP contribution in [0, 0.1) is 5.92 Å². The number of rotatable bonds is 11. The van der Waals surface area contributed by atoms with Gasteiger partial charge in [-0.05, 0) is 30.9 Å². The Labute approximate surface area is 133 Å². The fourth-order valence-corrected chi connectivity index (χ4v) is 2.24. The van der Waals surface area contributed by atoms with Gasteiger partial charge in [0.25, 0.3) is 0 Å². The number of aliphatic hydroxyl groups is 1. The van der Waals surface area contributed by atoms with Gasteiger partial charge in [-0.1, -0.05) is 19.4 Å². The molecule has 0 saturated carbocycles. The zero-order chi connectivity index (χ0) is 16.0. The number of aliphatic imine (C=N–C) groups is 1. The van der Waals surface area contributed by atoms with Gasteiger partial charge in [0.1, 0.15) is 5.76 Å². The van der Waals surface area contributed by atoms with Crippen LogP contribution in [-0.2, 0) is 6.42 Å². The second-order valence-electron chi connectivity index (χ2n) is 5.28. The van der Waals surface area contributed by atoms with Gasteiger partial charge < -0.3 is 20.2 Å². The Hall–Kier alpha value is -1.75. The topological polar surface area (TPSA) is 69.8 Å². The minimum atomic E-state index is 0.224. The van der Waals surface area contributed by atoms with Gasteiger partial charge >= 0.3 is 0 Å². The van der Waals surface area contributed by atoms with Crippen LogP contribution in [-0.4, -0.2) is 37.3 Å². The van der Waals surface area contributed by atoms with Crippen LogP contribution < -0.4 is 10.6 Å². The van der Waals surface area contributed by atoms with Crippen LogP contribution in [0.4, 0.5) is 0 Å². The molecule has 0 bridgehead atoms. The maximum Gasteiger partial charge on any atom is 0.191 e. The minimum Gasteiger partial charge on any atom is -0.469 e. The first-order valence-electron chi connectivity index (χ1n) is 8.06. The standard InChI is InChI=1S/C17H29N3O2/c1-3-6-15(9-12-21)14-20-17(18-10-4-2)19-11-8-16-7-5-13-22-16/h4-5,7,13,15,21H,2-3,6,8-12,14H2,1H3,(H2,18,19,20). The molecule has 1 aromatic heterocycles. The van der Waals surface area contributed by atoms with Crippen LogP contribution in [0.25, 0.3) is 0 Å². The summed E-state index contributed by atoms with van der Waals surface area (Å²) in [6.07, 6.45) is 7.31. The van der Waals surface area contributed by atoms with Crippen molar-refractivity contribution in [2.45, 2.75) is 32.6 Å². The molecule has 1 aromatic rings. The van der Waals surface area contributed by atoms with E-state index in [0.29, 0.717) is 12.5 Å². The molecule has 0 aliphatic carbocycles. The molecule has 0 aliphatic rings. The molecule has 0 fully saturated rings. The van der Waals surface area contributed by atoms with Crippen molar-refractivity contribution in [3.8, 4) is 0 Å². The molecular weight excluding hydrogens is 278 g/mol. The lowest BCUT2D eigenvalue weighted by Gasteiger charge is -2.15. The van der Waals surface area contributed by atoms with Crippen molar-refractivity contribution in [1.29, 1.82) is 0 Å². The fourth-order valence-electron chi connectivity index (χ4n) is 2.24. The molecule has 0 aliphatic heterocycles. The van der Waals surface area contributed by atoms with Gasteiger partial charge in [0.05, 0.1) is 6.26 Å². The molecule has 0 aromatic carbocycles. The molecule has 22 heavy (non-hydrogen) atoms. The number of aliphatic hydroxyl groups excluding tert-OH is 1. The van der Waals surface area contributed by atoms with Crippen LogP contribution in [0.2, 0.25) is 0 Å². The lowest BCUT2D eigenvalue weighted by molar-refractivity contribution is 0.253. The van der Waals surface area contributed by atoms with Crippen molar-refractivity contribution < 1.29 is 9.52 Å². The van der Waals surface area contributed by atoms with E-state index >= 15 is 0 Å². The summed E-state index contributed by atoms with van der Waals surface area (Å²) in [5.74, 6) is 2.17. The summed E-state index contributed by atoms with van der Waals surface area (Å²) in [6.45, 7) is 8.25. The normalized spacial score (nSPS) is 12.9. The molecule has 5 nitrogen and oxygen atoms in total. The van der Waals surface area contributed by atoms with Gasteiger partial charge in [0.2, 0.25) is 0 Å². The average Bonchev–Trinajstić information content (AvgIpc) is 3.03. The lowest BCUT2D eigenvalue weighted by atomic mass is 10.0. The second kappa shape index (κ2) is 11.9. The van der Waals surface area contributed by atoms with Crippen molar-refractivity contribution in [1.82, 2.24) is 10.6 Å². The van der Waals surface area contributed by atoms with Gasteiger partial charge in [-0.25, -0.2) is 0 Å². The maximum atomic E-state index is 9.11. The zero-order valence-corrected chi connectivity index (χ0v) is 13.6. The van der Waals surface area contributed by atoms with Crippen molar-refractivity contribution in [3.63, 3.8) is 0 Å². The van der Waals surface area contributed by atoms with E-state index in [9.17, 15) is 0 Å². The highest BCUT2D eigenvalue weighted by Crippen LogP contribution is 2.10. The number of hydrogen-bond acceptors (Lipinski definition) is 3. The van der Waals surface area contributed by atoms with E-state index in [1.807, 2.05) is 12.1 Å². The number of hydrogen-bond donors (Lipinski definition) is 3. The smallest absolute Gasteiger partial charge is 0.191 e. The predicted molar refractivity (Wildman–Crippen MR) is 91.0 cm³/mol. The third-order valence-electron chi connectivity index (χ3n) is 3.40. The Morgan fingerprint density at radius 3 is 2.95 bits per heavy atom. The number of nitrogens with zero attached hydrogens (tertiary/aromatic N) is 1. The SMILES string of the molecule is C=CCNC(=NCC(CCC)CCO)NCCc1ccco1. The number of guanidine groups is 1. The largest absolute Gasteiger partial charge is 0.469 e. The average molecular weight is 307 g/mol. The van der Waals surface area contributed by atoms with Crippen LogP contribution in [0.5, 0.6) is 0 Å². The van der Waals surface area contributed by atoms with Crippen molar-refractivity contribution in [3.05, 3.63) is 36.8 Å². The van der Waals surface area contributed by atoms with E-state index in [1.54, 1.807) is 12.3 Å². The maximum absolute atomic E-state index is 9.11. The molecule has 1 rings (SSSR count). The second-order valence-corrected chi connectivity index (χ2v) is 5.28. The van der Waals surface area contributed by atoms with Crippen LogP contribution in [0.3, 0.4) is 0 Å². The summed E-state index contributed by atoms with van der Waals surface area (Å²) >= 11 is 0. The van der Waals surface area contributed by atoms with Crippen molar-refractivity contribution in [2.75, 3.05) is 26.2 Å². The van der Waals surface area contributed by atoms with Gasteiger partial charge in [-0.15, -0.1) is 6.58 Å². The van der Waals surface area contributed by atoms with E-state index in [0.717, 1.165) is 50.5 Å². The quantitative estimate of drug-likeness (QED) is 0.333. The predicted octanol–water partition coefficient (Wildman–Crippen LogP) is 2.34. The van der Waals surface area contributed by atoms with Crippen LogP contribution in [0.15, 0.2) is 40.5 Å². The molecule has 3 N–H and O–H groups in total.